The molecule has 4 rings (SSSR count). The van der Waals surface area contributed by atoms with E-state index in [-0.39, 0.29) is 15.8 Å². The molecule has 12 heteroatoms. The highest BCUT2D eigenvalue weighted by atomic mass is 32.1. The molecule has 1 aliphatic rings. The highest BCUT2D eigenvalue weighted by molar-refractivity contribution is 7.18. The van der Waals surface area contributed by atoms with E-state index in [0.29, 0.717) is 31.9 Å². The molecule has 34 heavy (non-hydrogen) atoms. The van der Waals surface area contributed by atoms with Crippen molar-refractivity contribution in [1.82, 2.24) is 9.88 Å². The fourth-order valence-corrected chi connectivity index (χ4v) is 4.52. The monoisotopic (exact) mass is 497 g/mol. The minimum absolute atomic E-state index is 0.0835. The molecule has 0 spiro atoms. The SMILES string of the molecule is Nc1nc(Nc2ccc(N3CCN(CC(F)(F)F)CC3)cc2)sc1C(=O)c1c(F)cccc1F. The maximum atomic E-state index is 14.0. The number of halogens is 5. The number of alkyl halides is 3. The zero-order chi connectivity index (χ0) is 24.5. The highest BCUT2D eigenvalue weighted by Crippen LogP contribution is 2.31. The molecular formula is C22H20F5N5OS. The highest BCUT2D eigenvalue weighted by Gasteiger charge is 2.32. The predicted molar refractivity (Wildman–Crippen MR) is 121 cm³/mol. The van der Waals surface area contributed by atoms with E-state index in [1.54, 1.807) is 12.1 Å². The van der Waals surface area contributed by atoms with Gasteiger partial charge < -0.3 is 16.0 Å². The summed E-state index contributed by atoms with van der Waals surface area (Å²) >= 11 is 0.874. The Morgan fingerprint density at radius 1 is 1.03 bits per heavy atom. The van der Waals surface area contributed by atoms with Crippen molar-refractivity contribution < 1.29 is 26.7 Å². The molecule has 0 aliphatic carbocycles. The van der Waals surface area contributed by atoms with Crippen LogP contribution in [0.4, 0.5) is 44.3 Å². The lowest BCUT2D eigenvalue weighted by atomic mass is 10.1. The number of nitrogens with two attached hydrogens (primary N) is 1. The van der Waals surface area contributed by atoms with Crippen LogP contribution < -0.4 is 16.0 Å². The number of anilines is 4. The van der Waals surface area contributed by atoms with Crippen LogP contribution in [-0.2, 0) is 0 Å². The van der Waals surface area contributed by atoms with Gasteiger partial charge in [0.2, 0.25) is 5.78 Å². The summed E-state index contributed by atoms with van der Waals surface area (Å²) in [6, 6.07) is 10.3. The van der Waals surface area contributed by atoms with Gasteiger partial charge in [-0.25, -0.2) is 13.8 Å². The van der Waals surface area contributed by atoms with E-state index in [1.165, 1.54) is 4.90 Å². The lowest BCUT2D eigenvalue weighted by Gasteiger charge is -2.36. The number of thiazole rings is 1. The van der Waals surface area contributed by atoms with Gasteiger partial charge >= 0.3 is 6.18 Å². The molecular weight excluding hydrogens is 477 g/mol. The van der Waals surface area contributed by atoms with Crippen molar-refractivity contribution in [2.24, 2.45) is 0 Å². The Morgan fingerprint density at radius 2 is 1.65 bits per heavy atom. The molecule has 1 aromatic heterocycles. The number of carbonyl (C=O) groups is 1. The summed E-state index contributed by atoms with van der Waals surface area (Å²) in [7, 11) is 0. The summed E-state index contributed by atoms with van der Waals surface area (Å²) < 4.78 is 65.6. The van der Waals surface area contributed by atoms with Gasteiger partial charge in [0.05, 0.1) is 12.1 Å². The molecule has 0 unspecified atom stereocenters. The summed E-state index contributed by atoms with van der Waals surface area (Å²) in [4.78, 5) is 20.0. The minimum atomic E-state index is -4.21. The smallest absolute Gasteiger partial charge is 0.382 e. The van der Waals surface area contributed by atoms with Gasteiger partial charge in [-0.3, -0.25) is 9.69 Å². The van der Waals surface area contributed by atoms with Gasteiger partial charge in [-0.2, -0.15) is 13.2 Å². The number of nitrogen functional groups attached to an aromatic ring is 1. The first-order chi connectivity index (χ1) is 16.1. The number of piperazine rings is 1. The van der Waals surface area contributed by atoms with Crippen LogP contribution in [-0.4, -0.2) is 54.6 Å². The zero-order valence-electron chi connectivity index (χ0n) is 17.7. The average Bonchev–Trinajstić information content (AvgIpc) is 3.13. The standard InChI is InChI=1S/C22H20F5N5OS/c23-15-2-1-3-16(24)17(15)18(33)19-20(28)30-21(34-19)29-13-4-6-14(7-5-13)32-10-8-31(9-11-32)12-22(25,26)27/h1-7H,8-12,28H2,(H,29,30). The molecule has 2 heterocycles. The van der Waals surface area contributed by atoms with Crippen molar-refractivity contribution in [1.29, 1.82) is 0 Å². The van der Waals surface area contributed by atoms with Crippen LogP contribution in [0, 0.1) is 11.6 Å². The van der Waals surface area contributed by atoms with Crippen LogP contribution in [0.3, 0.4) is 0 Å². The fourth-order valence-electron chi connectivity index (χ4n) is 3.67. The first kappa shape index (κ1) is 23.9. The number of rotatable bonds is 6. The van der Waals surface area contributed by atoms with Crippen molar-refractivity contribution in [3.63, 3.8) is 0 Å². The molecule has 2 aromatic carbocycles. The summed E-state index contributed by atoms with van der Waals surface area (Å²) in [6.07, 6.45) is -4.21. The second-order valence-electron chi connectivity index (χ2n) is 7.71. The Bertz CT molecular complexity index is 1150. The Balaban J connectivity index is 1.40. The number of nitrogens with zero attached hydrogens (tertiary/aromatic N) is 3. The number of aromatic nitrogens is 1. The van der Waals surface area contributed by atoms with Crippen LogP contribution in [0.1, 0.15) is 15.2 Å². The first-order valence-corrected chi connectivity index (χ1v) is 11.1. The molecule has 6 nitrogen and oxygen atoms in total. The molecule has 0 bridgehead atoms. The van der Waals surface area contributed by atoms with Crippen LogP contribution in [0.15, 0.2) is 42.5 Å². The summed E-state index contributed by atoms with van der Waals surface area (Å²) in [5, 5.41) is 3.27. The molecule has 3 aromatic rings. The van der Waals surface area contributed by atoms with Gasteiger partial charge in [0.1, 0.15) is 22.3 Å². The van der Waals surface area contributed by atoms with Crippen LogP contribution in [0.5, 0.6) is 0 Å². The van der Waals surface area contributed by atoms with Crippen LogP contribution in [0.25, 0.3) is 0 Å². The van der Waals surface area contributed by atoms with Crippen molar-refractivity contribution in [3.05, 3.63) is 64.5 Å². The molecule has 1 aliphatic heterocycles. The second-order valence-corrected chi connectivity index (χ2v) is 8.71. The Labute approximate surface area is 195 Å². The second kappa shape index (κ2) is 9.55. The number of hydrogen-bond acceptors (Lipinski definition) is 7. The molecule has 180 valence electrons. The third-order valence-corrected chi connectivity index (χ3v) is 6.29. The van der Waals surface area contributed by atoms with Crippen LogP contribution >= 0.6 is 11.3 Å². The summed E-state index contributed by atoms with van der Waals surface area (Å²) in [5.74, 6) is -3.00. The van der Waals surface area contributed by atoms with E-state index < -0.39 is 35.7 Å². The largest absolute Gasteiger partial charge is 0.401 e. The normalized spacial score (nSPS) is 14.9. The van der Waals surface area contributed by atoms with Gasteiger partial charge in [-0.15, -0.1) is 0 Å². The third-order valence-electron chi connectivity index (χ3n) is 5.31. The molecule has 3 N–H and O–H groups in total. The quantitative estimate of drug-likeness (QED) is 0.381. The van der Waals surface area contributed by atoms with E-state index in [9.17, 15) is 26.7 Å². The van der Waals surface area contributed by atoms with Gasteiger partial charge in [0, 0.05) is 37.6 Å². The van der Waals surface area contributed by atoms with E-state index in [2.05, 4.69) is 10.3 Å². The Hall–Kier alpha value is -3.25. The van der Waals surface area contributed by atoms with E-state index >= 15 is 0 Å². The van der Waals surface area contributed by atoms with Gasteiger partial charge in [-0.1, -0.05) is 17.4 Å². The Morgan fingerprint density at radius 3 is 2.24 bits per heavy atom. The predicted octanol–water partition coefficient (Wildman–Crippen LogP) is 4.66. The number of nitrogens with one attached hydrogen (secondary N) is 1. The maximum absolute atomic E-state index is 14.0. The van der Waals surface area contributed by atoms with Gasteiger partial charge in [0.15, 0.2) is 5.13 Å². The van der Waals surface area contributed by atoms with E-state index in [1.807, 2.05) is 17.0 Å². The maximum Gasteiger partial charge on any atom is 0.401 e. The molecule has 1 fully saturated rings. The number of hydrogen-bond donors (Lipinski definition) is 2. The number of ketones is 1. The average molecular weight is 497 g/mol. The summed E-state index contributed by atoms with van der Waals surface area (Å²) in [6.45, 7) is 0.678. The topological polar surface area (TPSA) is 74.5 Å². The molecule has 1 saturated heterocycles. The number of carbonyl (C=O) groups excluding carboxylic acids is 1. The van der Waals surface area contributed by atoms with Gasteiger partial charge in [0.25, 0.3) is 0 Å². The Kier molecular flexibility index (Phi) is 6.71. The third kappa shape index (κ3) is 5.45. The fraction of sp³-hybridized carbons (Fsp3) is 0.273. The molecule has 0 radical (unpaired) electrons. The van der Waals surface area contributed by atoms with Crippen molar-refractivity contribution in [3.8, 4) is 0 Å². The zero-order valence-corrected chi connectivity index (χ0v) is 18.5. The molecule has 0 amide bonds. The minimum Gasteiger partial charge on any atom is -0.382 e. The lowest BCUT2D eigenvalue weighted by molar-refractivity contribution is -0.146. The molecule has 0 saturated carbocycles. The molecule has 0 atom stereocenters. The van der Waals surface area contributed by atoms with Crippen molar-refractivity contribution >= 4 is 39.4 Å². The van der Waals surface area contributed by atoms with Crippen LogP contribution in [0.2, 0.25) is 0 Å². The van der Waals surface area contributed by atoms with Gasteiger partial charge in [-0.05, 0) is 36.4 Å². The van der Waals surface area contributed by atoms with Crippen molar-refractivity contribution in [2.45, 2.75) is 6.18 Å². The van der Waals surface area contributed by atoms with E-state index in [0.717, 1.165) is 35.2 Å². The van der Waals surface area contributed by atoms with Crippen molar-refractivity contribution in [2.75, 3.05) is 48.7 Å². The van der Waals surface area contributed by atoms with E-state index in [4.69, 9.17) is 5.73 Å². The first-order valence-electron chi connectivity index (χ1n) is 10.3. The number of benzene rings is 2. The summed E-state index contributed by atoms with van der Waals surface area (Å²) in [5.41, 5.74) is 6.62. The lowest BCUT2D eigenvalue weighted by Crippen LogP contribution is -2.49.